The Bertz CT molecular complexity index is 473. The molecule has 2 aliphatic carbocycles. The first-order valence-electron chi connectivity index (χ1n) is 8.74. The zero-order chi connectivity index (χ0) is 17.0. The Hall–Kier alpha value is -1.58. The molecule has 2 unspecified atom stereocenters. The SMILES string of the molecule is CC[C@H](C)COC(=O)C1=C(C(=O)OC[C@@H](C)CC)C2C=CC1C2. The van der Waals surface area contributed by atoms with Crippen molar-refractivity contribution in [2.24, 2.45) is 23.7 Å². The van der Waals surface area contributed by atoms with Crippen LogP contribution in [0.1, 0.15) is 47.0 Å². The van der Waals surface area contributed by atoms with Crippen LogP contribution in [0, 0.1) is 23.7 Å². The number of fused-ring (bicyclic) bond motifs is 2. The molecule has 2 aliphatic rings. The molecule has 4 heteroatoms. The van der Waals surface area contributed by atoms with Gasteiger partial charge in [0.15, 0.2) is 0 Å². The van der Waals surface area contributed by atoms with Crippen molar-refractivity contribution in [2.45, 2.75) is 47.0 Å². The highest BCUT2D eigenvalue weighted by Crippen LogP contribution is 2.44. The predicted molar refractivity (Wildman–Crippen MR) is 88.6 cm³/mol. The summed E-state index contributed by atoms with van der Waals surface area (Å²) < 4.78 is 10.8. The van der Waals surface area contributed by atoms with Crippen LogP contribution in [0.2, 0.25) is 0 Å². The average molecular weight is 320 g/mol. The molecule has 0 radical (unpaired) electrons. The molecular formula is C19H28O4. The Morgan fingerprint density at radius 1 is 0.957 bits per heavy atom. The molecule has 4 atom stereocenters. The van der Waals surface area contributed by atoms with Gasteiger partial charge in [-0.3, -0.25) is 0 Å². The van der Waals surface area contributed by atoms with Gasteiger partial charge in [0.1, 0.15) is 0 Å². The Kier molecular flexibility index (Phi) is 6.03. The van der Waals surface area contributed by atoms with Crippen molar-refractivity contribution in [3.05, 3.63) is 23.3 Å². The van der Waals surface area contributed by atoms with E-state index in [-0.39, 0.29) is 23.8 Å². The predicted octanol–water partition coefficient (Wildman–Crippen LogP) is 3.67. The van der Waals surface area contributed by atoms with E-state index in [0.717, 1.165) is 19.3 Å². The topological polar surface area (TPSA) is 52.6 Å². The van der Waals surface area contributed by atoms with Crippen LogP contribution in [0.15, 0.2) is 23.3 Å². The molecule has 128 valence electrons. The van der Waals surface area contributed by atoms with E-state index in [4.69, 9.17) is 9.47 Å². The minimum atomic E-state index is -0.349. The number of carbonyl (C=O) groups is 2. The standard InChI is InChI=1S/C19H28O4/c1-5-12(3)10-22-18(20)16-14-7-8-15(9-14)17(16)19(21)23-11-13(4)6-2/h7-8,12-15H,5-6,9-11H2,1-4H3/t12-,13-,14?,15?/m0/s1. The number of hydrogen-bond acceptors (Lipinski definition) is 4. The fraction of sp³-hybridized carbons (Fsp3) is 0.684. The van der Waals surface area contributed by atoms with Crippen molar-refractivity contribution in [2.75, 3.05) is 13.2 Å². The maximum Gasteiger partial charge on any atom is 0.335 e. The van der Waals surface area contributed by atoms with Gasteiger partial charge in [-0.2, -0.15) is 0 Å². The summed E-state index contributed by atoms with van der Waals surface area (Å²) in [5, 5.41) is 0. The summed E-state index contributed by atoms with van der Waals surface area (Å²) in [6.07, 6.45) is 6.73. The Balaban J connectivity index is 2.07. The van der Waals surface area contributed by atoms with Crippen LogP contribution in [0.5, 0.6) is 0 Å². The third-order valence-corrected chi connectivity index (χ3v) is 4.95. The summed E-state index contributed by atoms with van der Waals surface area (Å²) >= 11 is 0. The lowest BCUT2D eigenvalue weighted by Gasteiger charge is -2.17. The largest absolute Gasteiger partial charge is 0.462 e. The number of allylic oxidation sites excluding steroid dienone is 2. The number of rotatable bonds is 8. The second-order valence-electron chi connectivity index (χ2n) is 6.88. The second kappa shape index (κ2) is 7.80. The van der Waals surface area contributed by atoms with Gasteiger partial charge < -0.3 is 9.47 Å². The lowest BCUT2D eigenvalue weighted by atomic mass is 9.97. The van der Waals surface area contributed by atoms with Crippen LogP contribution in [0.3, 0.4) is 0 Å². The summed E-state index contributed by atoms with van der Waals surface area (Å²) in [6.45, 7) is 9.02. The van der Waals surface area contributed by atoms with Crippen molar-refractivity contribution in [1.82, 2.24) is 0 Å². The van der Waals surface area contributed by atoms with E-state index in [1.165, 1.54) is 0 Å². The van der Waals surface area contributed by atoms with Gasteiger partial charge in [-0.1, -0.05) is 52.7 Å². The van der Waals surface area contributed by atoms with Crippen LogP contribution in [0.25, 0.3) is 0 Å². The van der Waals surface area contributed by atoms with Gasteiger partial charge in [-0.15, -0.1) is 0 Å². The van der Waals surface area contributed by atoms with Crippen molar-refractivity contribution >= 4 is 11.9 Å². The van der Waals surface area contributed by atoms with E-state index >= 15 is 0 Å². The van der Waals surface area contributed by atoms with Crippen LogP contribution in [0.4, 0.5) is 0 Å². The molecule has 0 aromatic heterocycles. The lowest BCUT2D eigenvalue weighted by molar-refractivity contribution is -0.143. The number of ether oxygens (including phenoxy) is 2. The van der Waals surface area contributed by atoms with Crippen LogP contribution < -0.4 is 0 Å². The molecule has 0 N–H and O–H groups in total. The number of hydrogen-bond donors (Lipinski definition) is 0. The van der Waals surface area contributed by atoms with Crippen molar-refractivity contribution in [3.63, 3.8) is 0 Å². The van der Waals surface area contributed by atoms with Crippen molar-refractivity contribution < 1.29 is 19.1 Å². The zero-order valence-corrected chi connectivity index (χ0v) is 14.6. The van der Waals surface area contributed by atoms with Crippen LogP contribution in [-0.2, 0) is 19.1 Å². The molecule has 0 amide bonds. The maximum absolute atomic E-state index is 12.4. The summed E-state index contributed by atoms with van der Waals surface area (Å²) in [5.41, 5.74) is 1.05. The van der Waals surface area contributed by atoms with Crippen LogP contribution in [-0.4, -0.2) is 25.2 Å². The lowest BCUT2D eigenvalue weighted by Crippen LogP contribution is -2.22. The first-order valence-corrected chi connectivity index (χ1v) is 8.74. The summed E-state index contributed by atoms with van der Waals surface area (Å²) in [5.74, 6) is -0.0228. The van der Waals surface area contributed by atoms with Gasteiger partial charge in [0.2, 0.25) is 0 Å². The molecule has 0 saturated carbocycles. The molecule has 0 aromatic carbocycles. The van der Waals surface area contributed by atoms with Gasteiger partial charge in [0.25, 0.3) is 0 Å². The first-order chi connectivity index (χ1) is 11.0. The maximum atomic E-state index is 12.4. The highest BCUT2D eigenvalue weighted by molar-refractivity contribution is 6.03. The van der Waals surface area contributed by atoms with Gasteiger partial charge in [-0.25, -0.2) is 9.59 Å². The monoisotopic (exact) mass is 320 g/mol. The van der Waals surface area contributed by atoms with E-state index in [2.05, 4.69) is 13.8 Å². The summed E-state index contributed by atoms with van der Waals surface area (Å²) in [6, 6.07) is 0. The molecule has 4 nitrogen and oxygen atoms in total. The highest BCUT2D eigenvalue weighted by atomic mass is 16.5. The first kappa shape index (κ1) is 17.8. The fourth-order valence-electron chi connectivity index (χ4n) is 2.88. The van der Waals surface area contributed by atoms with E-state index in [0.29, 0.717) is 36.2 Å². The van der Waals surface area contributed by atoms with Gasteiger partial charge in [0.05, 0.1) is 24.4 Å². The smallest absolute Gasteiger partial charge is 0.335 e. The third-order valence-electron chi connectivity index (χ3n) is 4.95. The Labute approximate surface area is 138 Å². The average Bonchev–Trinajstić information content (AvgIpc) is 3.17. The van der Waals surface area contributed by atoms with E-state index in [9.17, 15) is 9.59 Å². The normalized spacial score (nSPS) is 24.7. The number of carbonyl (C=O) groups excluding carboxylic acids is 2. The molecule has 0 fully saturated rings. The minimum absolute atomic E-state index is 0.00980. The minimum Gasteiger partial charge on any atom is -0.462 e. The zero-order valence-electron chi connectivity index (χ0n) is 14.6. The molecule has 2 bridgehead atoms. The van der Waals surface area contributed by atoms with Gasteiger partial charge >= 0.3 is 11.9 Å². The second-order valence-corrected chi connectivity index (χ2v) is 6.88. The molecule has 23 heavy (non-hydrogen) atoms. The molecule has 0 aliphatic heterocycles. The fourth-order valence-corrected chi connectivity index (χ4v) is 2.88. The Morgan fingerprint density at radius 3 is 1.70 bits per heavy atom. The van der Waals surface area contributed by atoms with Gasteiger partial charge in [-0.05, 0) is 18.3 Å². The van der Waals surface area contributed by atoms with E-state index < -0.39 is 0 Å². The van der Waals surface area contributed by atoms with Crippen molar-refractivity contribution in [1.29, 1.82) is 0 Å². The summed E-state index contributed by atoms with van der Waals surface area (Å²) in [4.78, 5) is 24.9. The molecule has 0 spiro atoms. The summed E-state index contributed by atoms with van der Waals surface area (Å²) in [7, 11) is 0. The molecular weight excluding hydrogens is 292 g/mol. The van der Waals surface area contributed by atoms with Crippen molar-refractivity contribution in [3.8, 4) is 0 Å². The highest BCUT2D eigenvalue weighted by Gasteiger charge is 2.43. The van der Waals surface area contributed by atoms with Crippen LogP contribution >= 0.6 is 0 Å². The molecule has 0 saturated heterocycles. The molecule has 0 heterocycles. The van der Waals surface area contributed by atoms with Gasteiger partial charge in [0, 0.05) is 11.8 Å². The van der Waals surface area contributed by atoms with E-state index in [1.807, 2.05) is 26.0 Å². The Morgan fingerprint density at radius 2 is 1.35 bits per heavy atom. The third kappa shape index (κ3) is 4.04. The molecule has 2 rings (SSSR count). The molecule has 0 aromatic rings. The number of esters is 2. The quantitative estimate of drug-likeness (QED) is 0.506. The van der Waals surface area contributed by atoms with E-state index in [1.54, 1.807) is 0 Å².